The molecule has 0 radical (unpaired) electrons. The minimum Gasteiger partial charge on any atom is -0.490 e. The summed E-state index contributed by atoms with van der Waals surface area (Å²) in [4.78, 5) is 38.4. The van der Waals surface area contributed by atoms with E-state index in [0.717, 1.165) is 11.1 Å². The Morgan fingerprint density at radius 1 is 1.18 bits per heavy atom. The number of hydrogen-bond donors (Lipinski definition) is 1. The van der Waals surface area contributed by atoms with E-state index in [1.807, 2.05) is 58.9 Å². The quantitative estimate of drug-likeness (QED) is 0.414. The summed E-state index contributed by atoms with van der Waals surface area (Å²) in [7, 11) is 1.32. The maximum absolute atomic E-state index is 13.3. The molecule has 0 aliphatic rings. The Kier molecular flexibility index (Phi) is 9.00. The summed E-state index contributed by atoms with van der Waals surface area (Å²) < 4.78 is 10.7. The zero-order valence-corrected chi connectivity index (χ0v) is 20.6. The fourth-order valence-corrected chi connectivity index (χ4v) is 3.47. The van der Waals surface area contributed by atoms with Crippen molar-refractivity contribution < 1.29 is 24.0 Å². The van der Waals surface area contributed by atoms with Gasteiger partial charge in [0.15, 0.2) is 6.61 Å². The third-order valence-corrected chi connectivity index (χ3v) is 5.20. The van der Waals surface area contributed by atoms with E-state index in [-0.39, 0.29) is 42.2 Å². The van der Waals surface area contributed by atoms with Crippen LogP contribution in [0.1, 0.15) is 45.2 Å². The Bertz CT molecular complexity index is 1030. The van der Waals surface area contributed by atoms with Gasteiger partial charge in [-0.15, -0.1) is 0 Å². The Hall–Kier alpha value is -3.62. The highest BCUT2D eigenvalue weighted by molar-refractivity contribution is 5.88. The molecule has 0 bridgehead atoms. The number of carbonyl (C=O) groups is 2. The van der Waals surface area contributed by atoms with Crippen LogP contribution in [0.5, 0.6) is 11.5 Å². The summed E-state index contributed by atoms with van der Waals surface area (Å²) in [5, 5.41) is 14.1. The molecule has 9 nitrogen and oxygen atoms in total. The fourth-order valence-electron chi connectivity index (χ4n) is 3.47. The molecule has 9 heteroatoms. The topological polar surface area (TPSA) is 111 Å². The van der Waals surface area contributed by atoms with E-state index in [1.165, 1.54) is 30.2 Å². The maximum atomic E-state index is 13.3. The summed E-state index contributed by atoms with van der Waals surface area (Å²) in [6.07, 6.45) is 0.422. The first-order valence-corrected chi connectivity index (χ1v) is 11.1. The number of nitrogens with one attached hydrogen (secondary N) is 1. The lowest BCUT2D eigenvalue weighted by Crippen LogP contribution is -2.54. The van der Waals surface area contributed by atoms with Crippen LogP contribution in [0.4, 0.5) is 5.69 Å². The Balaban J connectivity index is 2.28. The molecule has 2 amide bonds. The van der Waals surface area contributed by atoms with Gasteiger partial charge in [-0.1, -0.05) is 31.2 Å². The normalized spacial score (nSPS) is 11.9. The molecule has 0 saturated carbocycles. The van der Waals surface area contributed by atoms with E-state index in [1.54, 1.807) is 0 Å². The van der Waals surface area contributed by atoms with Crippen LogP contribution in [0, 0.1) is 17.0 Å². The molecule has 0 aromatic heterocycles. The predicted molar refractivity (Wildman–Crippen MR) is 129 cm³/mol. The summed E-state index contributed by atoms with van der Waals surface area (Å²) in [6, 6.07) is 11.0. The number of aryl methyl sites for hydroxylation is 1. The number of methoxy groups -OCH3 is 1. The van der Waals surface area contributed by atoms with Gasteiger partial charge in [0.1, 0.15) is 11.8 Å². The lowest BCUT2D eigenvalue weighted by Gasteiger charge is -2.33. The number of ether oxygens (including phenoxy) is 2. The van der Waals surface area contributed by atoms with E-state index in [0.29, 0.717) is 6.42 Å². The molecule has 0 heterocycles. The van der Waals surface area contributed by atoms with Gasteiger partial charge in [-0.2, -0.15) is 0 Å². The van der Waals surface area contributed by atoms with Crippen LogP contribution in [0.3, 0.4) is 0 Å². The Labute approximate surface area is 200 Å². The summed E-state index contributed by atoms with van der Waals surface area (Å²) >= 11 is 0. The zero-order chi connectivity index (χ0) is 25.5. The molecule has 0 aliphatic carbocycles. The van der Waals surface area contributed by atoms with Gasteiger partial charge in [0.25, 0.3) is 5.91 Å². The van der Waals surface area contributed by atoms with Crippen LogP contribution in [0.15, 0.2) is 42.5 Å². The molecule has 0 fully saturated rings. The highest BCUT2D eigenvalue weighted by atomic mass is 16.6. The first-order chi connectivity index (χ1) is 16.0. The van der Waals surface area contributed by atoms with Crippen molar-refractivity contribution in [3.05, 3.63) is 63.7 Å². The molecule has 2 aromatic carbocycles. The zero-order valence-electron chi connectivity index (χ0n) is 20.6. The molecular formula is C25H33N3O6. The van der Waals surface area contributed by atoms with Crippen LogP contribution in [0.2, 0.25) is 0 Å². The number of benzene rings is 2. The van der Waals surface area contributed by atoms with Crippen molar-refractivity contribution in [1.29, 1.82) is 0 Å². The van der Waals surface area contributed by atoms with Crippen LogP contribution in [0.25, 0.3) is 0 Å². The van der Waals surface area contributed by atoms with Crippen molar-refractivity contribution in [2.24, 2.45) is 0 Å². The Morgan fingerprint density at radius 2 is 1.85 bits per heavy atom. The van der Waals surface area contributed by atoms with Crippen molar-refractivity contribution >= 4 is 17.5 Å². The molecule has 0 spiro atoms. The smallest absolute Gasteiger partial charge is 0.311 e. The third-order valence-electron chi connectivity index (χ3n) is 5.20. The maximum Gasteiger partial charge on any atom is 0.311 e. The monoisotopic (exact) mass is 471 g/mol. The molecule has 1 N–H and O–H groups in total. The van der Waals surface area contributed by atoms with Gasteiger partial charge in [0.2, 0.25) is 11.7 Å². The number of amides is 2. The highest BCUT2D eigenvalue weighted by Crippen LogP contribution is 2.30. The number of nitrogens with zero attached hydrogens (tertiary/aromatic N) is 2. The molecule has 184 valence electrons. The summed E-state index contributed by atoms with van der Waals surface area (Å²) in [6.45, 7) is 9.37. The van der Waals surface area contributed by atoms with Crippen LogP contribution >= 0.6 is 0 Å². The number of nitro benzene ring substituents is 1. The Morgan fingerprint density at radius 3 is 2.41 bits per heavy atom. The predicted octanol–water partition coefficient (Wildman–Crippen LogP) is 4.01. The van der Waals surface area contributed by atoms with Gasteiger partial charge >= 0.3 is 5.69 Å². The van der Waals surface area contributed by atoms with E-state index in [9.17, 15) is 19.7 Å². The standard InChI is InChI=1S/C25H33N3O6/c1-7-20(24(30)26-25(3,4)5)27(15-18-11-9-8-10-17(18)2)23(29)16-34-19-12-13-21(28(31)32)22(14-19)33-6/h8-14,20H,7,15-16H2,1-6H3,(H,26,30)/t20-/m1/s1. The highest BCUT2D eigenvalue weighted by Gasteiger charge is 2.31. The van der Waals surface area contributed by atoms with E-state index in [4.69, 9.17) is 9.47 Å². The first kappa shape index (κ1) is 26.6. The first-order valence-electron chi connectivity index (χ1n) is 11.1. The van der Waals surface area contributed by atoms with Crippen molar-refractivity contribution in [1.82, 2.24) is 10.2 Å². The largest absolute Gasteiger partial charge is 0.490 e. The number of carbonyl (C=O) groups excluding carboxylic acids is 2. The van der Waals surface area contributed by atoms with Crippen molar-refractivity contribution in [2.75, 3.05) is 13.7 Å². The summed E-state index contributed by atoms with van der Waals surface area (Å²) in [5.74, 6) is -0.341. The number of nitro groups is 1. The summed E-state index contributed by atoms with van der Waals surface area (Å²) in [5.41, 5.74) is 1.28. The molecule has 2 aromatic rings. The van der Waals surface area contributed by atoms with Crippen LogP contribution in [-0.2, 0) is 16.1 Å². The van der Waals surface area contributed by atoms with Crippen molar-refractivity contribution in [3.63, 3.8) is 0 Å². The van der Waals surface area contributed by atoms with E-state index >= 15 is 0 Å². The van der Waals surface area contributed by atoms with Gasteiger partial charge in [0, 0.05) is 24.2 Å². The average Bonchev–Trinajstić information content (AvgIpc) is 2.77. The van der Waals surface area contributed by atoms with Crippen LogP contribution < -0.4 is 14.8 Å². The van der Waals surface area contributed by atoms with E-state index in [2.05, 4.69) is 5.32 Å². The van der Waals surface area contributed by atoms with Gasteiger partial charge in [-0.3, -0.25) is 19.7 Å². The number of hydrogen-bond acceptors (Lipinski definition) is 6. The van der Waals surface area contributed by atoms with Gasteiger partial charge in [0.05, 0.1) is 12.0 Å². The minimum atomic E-state index is -0.693. The minimum absolute atomic E-state index is 0.0303. The molecule has 2 rings (SSSR count). The third kappa shape index (κ3) is 7.19. The average molecular weight is 472 g/mol. The van der Waals surface area contributed by atoms with Gasteiger partial charge in [-0.25, -0.2) is 0 Å². The molecular weight excluding hydrogens is 438 g/mol. The second-order valence-electron chi connectivity index (χ2n) is 8.99. The van der Waals surface area contributed by atoms with Gasteiger partial charge < -0.3 is 19.7 Å². The fraction of sp³-hybridized carbons (Fsp3) is 0.440. The van der Waals surface area contributed by atoms with Crippen LogP contribution in [-0.4, -0.2) is 46.9 Å². The lowest BCUT2D eigenvalue weighted by atomic mass is 10.0. The lowest BCUT2D eigenvalue weighted by molar-refractivity contribution is -0.385. The number of rotatable bonds is 10. The molecule has 34 heavy (non-hydrogen) atoms. The SMILES string of the molecule is CC[C@H](C(=O)NC(C)(C)C)N(Cc1ccccc1C)C(=O)COc1ccc([N+](=O)[O-])c(OC)c1. The molecule has 0 aliphatic heterocycles. The van der Waals surface area contributed by atoms with Gasteiger partial charge in [-0.05, 0) is 51.3 Å². The molecule has 1 atom stereocenters. The van der Waals surface area contributed by atoms with E-state index < -0.39 is 16.5 Å². The van der Waals surface area contributed by atoms with Crippen molar-refractivity contribution in [2.45, 2.75) is 59.2 Å². The molecule has 0 unspecified atom stereocenters. The second-order valence-corrected chi connectivity index (χ2v) is 8.99. The second kappa shape index (κ2) is 11.5. The molecule has 0 saturated heterocycles. The van der Waals surface area contributed by atoms with Crippen molar-refractivity contribution in [3.8, 4) is 11.5 Å².